The van der Waals surface area contributed by atoms with Gasteiger partial charge in [-0.15, -0.1) is 0 Å². The third-order valence-electron chi connectivity index (χ3n) is 10.4. The van der Waals surface area contributed by atoms with E-state index in [4.69, 9.17) is 9.98 Å². The first kappa shape index (κ1) is 36.9. The molecule has 4 aromatic rings. The van der Waals surface area contributed by atoms with Gasteiger partial charge in [0.15, 0.2) is 11.6 Å². The van der Waals surface area contributed by atoms with E-state index in [1.54, 1.807) is 0 Å². The minimum atomic E-state index is -0.204. The predicted molar refractivity (Wildman–Crippen MR) is 214 cm³/mol. The summed E-state index contributed by atoms with van der Waals surface area (Å²) in [5.74, 6) is 0.145. The predicted octanol–water partition coefficient (Wildman–Crippen LogP) is 10.6. The fourth-order valence-electron chi connectivity index (χ4n) is 7.94. The normalized spacial score (nSPS) is 20.9. The van der Waals surface area contributed by atoms with E-state index in [0.717, 1.165) is 69.8 Å². The van der Waals surface area contributed by atoms with Crippen molar-refractivity contribution >= 4 is 44.5 Å². The molecule has 270 valence electrons. The Morgan fingerprint density at radius 2 is 0.923 bits per heavy atom. The second-order valence-corrected chi connectivity index (χ2v) is 16.2. The van der Waals surface area contributed by atoms with Gasteiger partial charge >= 0.3 is 0 Å². The monoisotopic (exact) mass is 696 g/mol. The van der Waals surface area contributed by atoms with Crippen LogP contribution in [0.3, 0.4) is 0 Å². The third-order valence-corrected chi connectivity index (χ3v) is 10.4. The van der Waals surface area contributed by atoms with Crippen LogP contribution in [-0.2, 0) is 22.4 Å². The minimum absolute atomic E-state index is 0.0344. The Bertz CT molecular complexity index is 1950. The van der Waals surface area contributed by atoms with E-state index >= 15 is 0 Å². The van der Waals surface area contributed by atoms with Crippen LogP contribution < -0.4 is 0 Å². The highest BCUT2D eigenvalue weighted by atomic mass is 16.3. The molecule has 0 saturated heterocycles. The highest BCUT2D eigenvalue weighted by molar-refractivity contribution is 6.25. The summed E-state index contributed by atoms with van der Waals surface area (Å²) in [6.07, 6.45) is 6.35. The number of nitrogens with zero attached hydrogens (tertiary/aromatic N) is 2. The molecule has 2 aliphatic carbocycles. The maximum absolute atomic E-state index is 13.4. The van der Waals surface area contributed by atoms with Crippen molar-refractivity contribution in [2.75, 3.05) is 13.1 Å². The molecule has 0 spiro atoms. The van der Waals surface area contributed by atoms with E-state index in [1.165, 1.54) is 0 Å². The van der Waals surface area contributed by atoms with Crippen molar-refractivity contribution in [2.45, 2.75) is 91.9 Å². The van der Waals surface area contributed by atoms with E-state index in [1.807, 2.05) is 48.5 Å². The van der Waals surface area contributed by atoms with Gasteiger partial charge in [-0.1, -0.05) is 125 Å². The Kier molecular flexibility index (Phi) is 11.2. The van der Waals surface area contributed by atoms with Crippen LogP contribution >= 0.6 is 0 Å². The Hall–Kier alpha value is -4.84. The second kappa shape index (κ2) is 15.8. The molecule has 52 heavy (non-hydrogen) atoms. The zero-order valence-corrected chi connectivity index (χ0v) is 31.2. The molecule has 0 heterocycles. The molecule has 2 fully saturated rings. The molecule has 2 aliphatic rings. The molecule has 0 amide bonds. The number of unbranched alkanes of at least 4 members (excludes halogenated alkanes) is 3. The topological polar surface area (TPSA) is 99.3 Å². The number of allylic oxidation sites excluding steroid dienone is 4. The van der Waals surface area contributed by atoms with Crippen LogP contribution in [0.25, 0.3) is 21.5 Å². The highest BCUT2D eigenvalue weighted by Gasteiger charge is 2.37. The summed E-state index contributed by atoms with van der Waals surface area (Å²) < 4.78 is 0. The fourth-order valence-corrected chi connectivity index (χ4v) is 7.94. The largest absolute Gasteiger partial charge is 0.511 e. The van der Waals surface area contributed by atoms with E-state index in [0.29, 0.717) is 62.8 Å². The number of aliphatic imine (C=N–C) groups is 2. The van der Waals surface area contributed by atoms with Crippen LogP contribution in [0, 0.1) is 10.8 Å². The number of carbonyl (C=O) groups is 2. The van der Waals surface area contributed by atoms with Crippen molar-refractivity contribution in [3.63, 3.8) is 0 Å². The summed E-state index contributed by atoms with van der Waals surface area (Å²) in [7, 11) is 0. The smallest absolute Gasteiger partial charge is 0.168 e. The van der Waals surface area contributed by atoms with E-state index in [9.17, 15) is 19.8 Å². The van der Waals surface area contributed by atoms with Crippen molar-refractivity contribution in [3.8, 4) is 0 Å². The highest BCUT2D eigenvalue weighted by Crippen LogP contribution is 2.37. The SMILES string of the molecule is CC1(C)CC(=O)C(=C(O)Cc2cccc3ccccc23)C(=NCCCCCCN=C2CC(C)(C)CC(=O)C2=C(O)Cc2cccc3ccccc23)C1. The lowest BCUT2D eigenvalue weighted by Crippen LogP contribution is -2.33. The lowest BCUT2D eigenvalue weighted by molar-refractivity contribution is -0.118. The lowest BCUT2D eigenvalue weighted by atomic mass is 9.73. The van der Waals surface area contributed by atoms with Crippen molar-refractivity contribution in [2.24, 2.45) is 20.8 Å². The first-order valence-corrected chi connectivity index (χ1v) is 18.8. The molecule has 6 rings (SSSR count). The molecular weight excluding hydrogens is 645 g/mol. The van der Waals surface area contributed by atoms with Gasteiger partial charge in [-0.3, -0.25) is 19.6 Å². The quantitative estimate of drug-likeness (QED) is 0.0926. The molecule has 0 aromatic heterocycles. The third kappa shape index (κ3) is 8.78. The van der Waals surface area contributed by atoms with Crippen LogP contribution in [0.1, 0.15) is 90.2 Å². The Morgan fingerprint density at radius 1 is 0.538 bits per heavy atom. The van der Waals surface area contributed by atoms with Gasteiger partial charge in [0, 0.05) is 50.2 Å². The van der Waals surface area contributed by atoms with Gasteiger partial charge in [0.2, 0.25) is 0 Å². The fraction of sp³-hybridized carbons (Fsp3) is 0.391. The number of carbonyl (C=O) groups excluding carboxylic acids is 2. The number of fused-ring (bicyclic) bond motifs is 2. The number of hydrogen-bond acceptors (Lipinski definition) is 6. The zero-order valence-electron chi connectivity index (χ0n) is 31.2. The first-order valence-electron chi connectivity index (χ1n) is 18.8. The number of hydrogen-bond donors (Lipinski definition) is 2. The van der Waals surface area contributed by atoms with Crippen LogP contribution in [-0.4, -0.2) is 46.3 Å². The number of benzene rings is 4. The number of aliphatic hydroxyl groups is 2. The van der Waals surface area contributed by atoms with Gasteiger partial charge in [-0.25, -0.2) is 0 Å². The number of ketones is 2. The van der Waals surface area contributed by atoms with Crippen molar-refractivity contribution in [1.29, 1.82) is 0 Å². The van der Waals surface area contributed by atoms with Gasteiger partial charge in [0.05, 0.1) is 11.1 Å². The number of Topliss-reactive ketones (excluding diaryl/α,β-unsaturated/α-hetero) is 2. The van der Waals surface area contributed by atoms with Crippen LogP contribution in [0.5, 0.6) is 0 Å². The molecule has 6 nitrogen and oxygen atoms in total. The summed E-state index contributed by atoms with van der Waals surface area (Å²) >= 11 is 0. The maximum Gasteiger partial charge on any atom is 0.168 e. The Labute approximate surface area is 308 Å². The summed E-state index contributed by atoms with van der Waals surface area (Å²) in [5.41, 5.74) is 3.82. The summed E-state index contributed by atoms with van der Waals surface area (Å²) in [6.45, 7) is 9.54. The van der Waals surface area contributed by atoms with Gasteiger partial charge in [0.1, 0.15) is 11.5 Å². The molecule has 0 bridgehead atoms. The number of aliphatic hydroxyl groups excluding tert-OH is 2. The lowest BCUT2D eigenvalue weighted by Gasteiger charge is -2.31. The zero-order chi connectivity index (χ0) is 36.9. The molecule has 6 heteroatoms. The number of rotatable bonds is 11. The van der Waals surface area contributed by atoms with E-state index in [2.05, 4.69) is 64.1 Å². The summed E-state index contributed by atoms with van der Waals surface area (Å²) in [4.78, 5) is 36.6. The minimum Gasteiger partial charge on any atom is -0.511 e. The standard InChI is InChI=1S/C46H52N2O4/c1-45(2)27-37(43(41(51)29-45)39(49)25-33-19-13-17-31-15-7-9-21-35(31)33)47-23-11-5-6-12-24-48-38-28-46(3,4)30-42(52)44(38)40(50)26-34-20-14-18-32-16-8-10-22-36(32)34/h7-10,13-22,49-50H,5-6,11-12,23-30H2,1-4H3. The summed E-state index contributed by atoms with van der Waals surface area (Å²) in [5, 5.41) is 27.1. The van der Waals surface area contributed by atoms with Gasteiger partial charge < -0.3 is 10.2 Å². The van der Waals surface area contributed by atoms with Gasteiger partial charge in [-0.05, 0) is 69.2 Å². The van der Waals surface area contributed by atoms with E-state index < -0.39 is 0 Å². The summed E-state index contributed by atoms with van der Waals surface area (Å²) in [6, 6.07) is 28.3. The molecule has 2 N–H and O–H groups in total. The van der Waals surface area contributed by atoms with Crippen molar-refractivity contribution in [1.82, 2.24) is 0 Å². The molecule has 0 atom stereocenters. The average molecular weight is 697 g/mol. The van der Waals surface area contributed by atoms with Gasteiger partial charge in [0.25, 0.3) is 0 Å². The average Bonchev–Trinajstić information content (AvgIpc) is 3.08. The van der Waals surface area contributed by atoms with Crippen LogP contribution in [0.2, 0.25) is 0 Å². The first-order chi connectivity index (χ1) is 24.9. The molecule has 0 unspecified atom stereocenters. The second-order valence-electron chi connectivity index (χ2n) is 16.2. The van der Waals surface area contributed by atoms with Crippen LogP contribution in [0.4, 0.5) is 0 Å². The maximum atomic E-state index is 13.4. The Morgan fingerprint density at radius 3 is 1.35 bits per heavy atom. The van der Waals surface area contributed by atoms with Crippen LogP contribution in [0.15, 0.2) is 118 Å². The molecule has 0 aliphatic heterocycles. The van der Waals surface area contributed by atoms with E-state index in [-0.39, 0.29) is 33.9 Å². The molecule has 2 saturated carbocycles. The Balaban J connectivity index is 1.08. The molecule has 4 aromatic carbocycles. The van der Waals surface area contributed by atoms with Crippen molar-refractivity contribution in [3.05, 3.63) is 119 Å². The van der Waals surface area contributed by atoms with Crippen molar-refractivity contribution < 1.29 is 19.8 Å². The van der Waals surface area contributed by atoms with Gasteiger partial charge in [-0.2, -0.15) is 0 Å². The molecular formula is C46H52N2O4. The molecule has 0 radical (unpaired) electrons.